The van der Waals surface area contributed by atoms with E-state index in [-0.39, 0.29) is 0 Å². The lowest BCUT2D eigenvalue weighted by molar-refractivity contribution is 0.667. The van der Waals surface area contributed by atoms with Gasteiger partial charge in [0.05, 0.1) is 6.04 Å². The monoisotopic (exact) mass is 237 g/mol. The molecule has 3 rings (SSSR count). The molecule has 92 valence electrons. The molecule has 0 bridgehead atoms. The van der Waals surface area contributed by atoms with Crippen molar-refractivity contribution in [1.82, 2.24) is 0 Å². The highest BCUT2D eigenvalue weighted by molar-refractivity contribution is 5.54. The Hall–Kier alpha value is -1.76. The third-order valence-electron chi connectivity index (χ3n) is 3.84. The fraction of sp³-hybridized carbons (Fsp3) is 0.294. The second-order valence-corrected chi connectivity index (χ2v) is 4.99. The van der Waals surface area contributed by atoms with E-state index >= 15 is 0 Å². The van der Waals surface area contributed by atoms with Gasteiger partial charge in [0.1, 0.15) is 0 Å². The molecule has 1 heterocycles. The van der Waals surface area contributed by atoms with Crippen molar-refractivity contribution in [1.29, 1.82) is 0 Å². The highest BCUT2D eigenvalue weighted by atomic mass is 14.9. The van der Waals surface area contributed by atoms with Gasteiger partial charge in [0.2, 0.25) is 0 Å². The van der Waals surface area contributed by atoms with Crippen LogP contribution in [0.2, 0.25) is 0 Å². The molecule has 0 saturated heterocycles. The van der Waals surface area contributed by atoms with Gasteiger partial charge in [-0.1, -0.05) is 49.4 Å². The molecule has 18 heavy (non-hydrogen) atoms. The van der Waals surface area contributed by atoms with E-state index < -0.39 is 0 Å². The number of nitrogens with one attached hydrogen (secondary N) is 1. The summed E-state index contributed by atoms with van der Waals surface area (Å²) in [6, 6.07) is 18.1. The van der Waals surface area contributed by atoms with Crippen LogP contribution in [0.3, 0.4) is 0 Å². The largest absolute Gasteiger partial charge is 0.378 e. The summed E-state index contributed by atoms with van der Waals surface area (Å²) in [5.74, 6) is 0. The lowest BCUT2D eigenvalue weighted by Gasteiger charge is -2.27. The molecule has 0 aliphatic carbocycles. The Morgan fingerprint density at radius 1 is 1.06 bits per heavy atom. The van der Waals surface area contributed by atoms with Crippen LogP contribution in [0.1, 0.15) is 36.1 Å². The first kappa shape index (κ1) is 11.3. The third kappa shape index (κ3) is 2.13. The number of benzene rings is 2. The zero-order valence-corrected chi connectivity index (χ0v) is 10.8. The van der Waals surface area contributed by atoms with Crippen LogP contribution in [-0.2, 0) is 12.8 Å². The van der Waals surface area contributed by atoms with E-state index in [1.807, 2.05) is 0 Å². The molecule has 1 aliphatic heterocycles. The smallest absolute Gasteiger partial charge is 0.0517 e. The van der Waals surface area contributed by atoms with E-state index in [1.54, 1.807) is 0 Å². The molecular weight excluding hydrogens is 218 g/mol. The molecule has 1 atom stereocenters. The van der Waals surface area contributed by atoms with Gasteiger partial charge in [-0.3, -0.25) is 0 Å². The molecule has 1 aliphatic rings. The van der Waals surface area contributed by atoms with Crippen molar-refractivity contribution < 1.29 is 0 Å². The van der Waals surface area contributed by atoms with Crippen LogP contribution in [0.15, 0.2) is 48.5 Å². The average Bonchev–Trinajstić information content (AvgIpc) is 2.47. The number of fused-ring (bicyclic) bond motifs is 1. The predicted molar refractivity (Wildman–Crippen MR) is 76.9 cm³/mol. The summed E-state index contributed by atoms with van der Waals surface area (Å²) < 4.78 is 0. The van der Waals surface area contributed by atoms with E-state index in [9.17, 15) is 0 Å². The Morgan fingerprint density at radius 2 is 1.83 bits per heavy atom. The molecule has 0 spiro atoms. The first-order chi connectivity index (χ1) is 8.86. The van der Waals surface area contributed by atoms with E-state index in [2.05, 4.69) is 60.8 Å². The molecular formula is C17H19N. The van der Waals surface area contributed by atoms with Gasteiger partial charge in [0, 0.05) is 5.69 Å². The molecule has 1 unspecified atom stereocenters. The Kier molecular flexibility index (Phi) is 3.06. The van der Waals surface area contributed by atoms with E-state index in [4.69, 9.17) is 0 Å². The van der Waals surface area contributed by atoms with Gasteiger partial charge in [-0.15, -0.1) is 0 Å². The summed E-state index contributed by atoms with van der Waals surface area (Å²) in [5.41, 5.74) is 5.56. The van der Waals surface area contributed by atoms with Crippen LogP contribution in [0, 0.1) is 0 Å². The van der Waals surface area contributed by atoms with Gasteiger partial charge >= 0.3 is 0 Å². The number of anilines is 1. The lowest BCUT2D eigenvalue weighted by atomic mass is 9.93. The van der Waals surface area contributed by atoms with Gasteiger partial charge < -0.3 is 5.32 Å². The highest BCUT2D eigenvalue weighted by Gasteiger charge is 2.18. The summed E-state index contributed by atoms with van der Waals surface area (Å²) >= 11 is 0. The maximum atomic E-state index is 3.65. The molecule has 0 saturated carbocycles. The normalized spacial score (nSPS) is 17.9. The van der Waals surface area contributed by atoms with Crippen molar-refractivity contribution in [2.24, 2.45) is 0 Å². The standard InChI is InChI=1S/C17H19N/c1-2-13-7-9-15(10-8-13)17-12-11-14-5-3-4-6-16(14)18-17/h3-10,17-18H,2,11-12H2,1H3. The minimum Gasteiger partial charge on any atom is -0.378 e. The molecule has 2 aromatic carbocycles. The Morgan fingerprint density at radius 3 is 2.61 bits per heavy atom. The topological polar surface area (TPSA) is 12.0 Å². The maximum absolute atomic E-state index is 3.65. The minimum atomic E-state index is 0.464. The van der Waals surface area contributed by atoms with Crippen molar-refractivity contribution in [2.75, 3.05) is 5.32 Å². The first-order valence-electron chi connectivity index (χ1n) is 6.80. The number of para-hydroxylation sites is 1. The minimum absolute atomic E-state index is 0.464. The Balaban J connectivity index is 1.82. The van der Waals surface area contributed by atoms with Gasteiger partial charge in [-0.25, -0.2) is 0 Å². The number of rotatable bonds is 2. The second-order valence-electron chi connectivity index (χ2n) is 4.99. The van der Waals surface area contributed by atoms with Crippen molar-refractivity contribution in [2.45, 2.75) is 32.2 Å². The summed E-state index contributed by atoms with van der Waals surface area (Å²) in [5, 5.41) is 3.65. The summed E-state index contributed by atoms with van der Waals surface area (Å²) in [6.07, 6.45) is 3.47. The number of aryl methyl sites for hydroxylation is 2. The zero-order valence-electron chi connectivity index (χ0n) is 10.8. The second kappa shape index (κ2) is 4.85. The van der Waals surface area contributed by atoms with Crippen molar-refractivity contribution in [3.05, 3.63) is 65.2 Å². The van der Waals surface area contributed by atoms with Crippen LogP contribution in [0.5, 0.6) is 0 Å². The van der Waals surface area contributed by atoms with E-state index in [0.29, 0.717) is 6.04 Å². The Labute approximate surface area is 109 Å². The highest BCUT2D eigenvalue weighted by Crippen LogP contribution is 2.32. The summed E-state index contributed by atoms with van der Waals surface area (Å²) in [4.78, 5) is 0. The average molecular weight is 237 g/mol. The van der Waals surface area contributed by atoms with Gasteiger partial charge in [0.25, 0.3) is 0 Å². The van der Waals surface area contributed by atoms with Crippen LogP contribution in [0.25, 0.3) is 0 Å². The molecule has 0 fully saturated rings. The molecule has 1 N–H and O–H groups in total. The van der Waals surface area contributed by atoms with Gasteiger partial charge in [0.15, 0.2) is 0 Å². The third-order valence-corrected chi connectivity index (χ3v) is 3.84. The van der Waals surface area contributed by atoms with Crippen LogP contribution < -0.4 is 5.32 Å². The molecule has 0 aromatic heterocycles. The van der Waals surface area contributed by atoms with E-state index in [1.165, 1.54) is 35.2 Å². The summed E-state index contributed by atoms with van der Waals surface area (Å²) in [6.45, 7) is 2.20. The number of hydrogen-bond acceptors (Lipinski definition) is 1. The molecule has 2 aromatic rings. The Bertz CT molecular complexity index is 528. The number of hydrogen-bond donors (Lipinski definition) is 1. The van der Waals surface area contributed by atoms with Crippen molar-refractivity contribution in [3.8, 4) is 0 Å². The van der Waals surface area contributed by atoms with Gasteiger partial charge in [-0.05, 0) is 42.0 Å². The van der Waals surface area contributed by atoms with Gasteiger partial charge in [-0.2, -0.15) is 0 Å². The first-order valence-corrected chi connectivity index (χ1v) is 6.80. The van der Waals surface area contributed by atoms with Crippen molar-refractivity contribution in [3.63, 3.8) is 0 Å². The summed E-state index contributed by atoms with van der Waals surface area (Å²) in [7, 11) is 0. The molecule has 0 radical (unpaired) electrons. The zero-order chi connectivity index (χ0) is 12.4. The van der Waals surface area contributed by atoms with Crippen molar-refractivity contribution >= 4 is 5.69 Å². The van der Waals surface area contributed by atoms with Crippen LogP contribution in [0.4, 0.5) is 5.69 Å². The SMILES string of the molecule is CCc1ccc(C2CCc3ccccc3N2)cc1. The van der Waals surface area contributed by atoms with Crippen LogP contribution >= 0.6 is 0 Å². The fourth-order valence-corrected chi connectivity index (χ4v) is 2.67. The predicted octanol–water partition coefficient (Wildman–Crippen LogP) is 4.35. The molecule has 0 amide bonds. The molecule has 1 heteroatoms. The quantitative estimate of drug-likeness (QED) is 0.819. The fourth-order valence-electron chi connectivity index (χ4n) is 2.67. The van der Waals surface area contributed by atoms with E-state index in [0.717, 1.165) is 6.42 Å². The van der Waals surface area contributed by atoms with Crippen LogP contribution in [-0.4, -0.2) is 0 Å². The maximum Gasteiger partial charge on any atom is 0.0517 e. The molecule has 1 nitrogen and oxygen atoms in total. The lowest BCUT2D eigenvalue weighted by Crippen LogP contribution is -2.17.